The first-order valence-corrected chi connectivity index (χ1v) is 10.4. The fraction of sp³-hybridized carbons (Fsp3) is 0.478. The van der Waals surface area contributed by atoms with Crippen LogP contribution in [0.2, 0.25) is 0 Å². The summed E-state index contributed by atoms with van der Waals surface area (Å²) >= 11 is 0. The minimum atomic E-state index is -0.286. The Balaban J connectivity index is 1.85. The lowest BCUT2D eigenvalue weighted by molar-refractivity contribution is -0.137. The van der Waals surface area contributed by atoms with E-state index in [-0.39, 0.29) is 23.5 Å². The number of rotatable bonds is 9. The molecule has 6 nitrogen and oxygen atoms in total. The molecule has 3 rings (SSSR count). The second kappa shape index (κ2) is 9.16. The number of nitrogens with zero attached hydrogens (tertiary/aromatic N) is 2. The third-order valence-corrected chi connectivity index (χ3v) is 5.51. The van der Waals surface area contributed by atoms with Gasteiger partial charge in [-0.2, -0.15) is 0 Å². The molecule has 1 aliphatic carbocycles. The van der Waals surface area contributed by atoms with Crippen LogP contribution in [0.4, 0.5) is 11.4 Å². The van der Waals surface area contributed by atoms with Gasteiger partial charge in [-0.3, -0.25) is 9.59 Å². The van der Waals surface area contributed by atoms with Crippen molar-refractivity contribution in [2.24, 2.45) is 5.92 Å². The van der Waals surface area contributed by atoms with Gasteiger partial charge in [0.2, 0.25) is 5.91 Å². The van der Waals surface area contributed by atoms with Gasteiger partial charge in [0.1, 0.15) is 0 Å². The first-order chi connectivity index (χ1) is 13.9. The molecule has 0 saturated heterocycles. The maximum absolute atomic E-state index is 13.1. The Morgan fingerprint density at radius 2 is 1.90 bits per heavy atom. The number of hydrogen-bond acceptors (Lipinski definition) is 4. The van der Waals surface area contributed by atoms with E-state index in [1.165, 1.54) is 6.26 Å². The number of amides is 2. The number of carbonyl (C=O) groups is 2. The van der Waals surface area contributed by atoms with E-state index >= 15 is 0 Å². The van der Waals surface area contributed by atoms with Crippen LogP contribution in [-0.4, -0.2) is 36.9 Å². The minimum absolute atomic E-state index is 0.0697. The zero-order valence-electron chi connectivity index (χ0n) is 17.8. The lowest BCUT2D eigenvalue weighted by Gasteiger charge is -2.29. The van der Waals surface area contributed by atoms with E-state index in [9.17, 15) is 9.59 Å². The van der Waals surface area contributed by atoms with E-state index in [0.29, 0.717) is 18.3 Å². The summed E-state index contributed by atoms with van der Waals surface area (Å²) in [4.78, 5) is 29.5. The zero-order valence-corrected chi connectivity index (χ0v) is 17.8. The smallest absolute Gasteiger partial charge is 0.291 e. The number of hydrogen-bond donors (Lipinski definition) is 1. The number of benzene rings is 1. The molecule has 2 aromatic rings. The Hall–Kier alpha value is -2.76. The normalized spacial score (nSPS) is 13.4. The summed E-state index contributed by atoms with van der Waals surface area (Å²) in [5, 5.41) is 2.89. The van der Waals surface area contributed by atoms with Crippen molar-refractivity contribution in [1.29, 1.82) is 0 Å². The van der Waals surface area contributed by atoms with Crippen LogP contribution >= 0.6 is 0 Å². The van der Waals surface area contributed by atoms with Crippen molar-refractivity contribution in [3.8, 4) is 0 Å². The van der Waals surface area contributed by atoms with Crippen molar-refractivity contribution in [3.05, 3.63) is 47.9 Å². The van der Waals surface area contributed by atoms with Crippen LogP contribution < -0.4 is 10.2 Å². The molecule has 0 bridgehead atoms. The Morgan fingerprint density at radius 3 is 2.45 bits per heavy atom. The standard InChI is InChI=1S/C23H31N3O3/c1-5-16(6-2)23(28)26(19-10-11-19)15-17-14-18(9-12-20(17)25(3)4)24-22(27)21-8-7-13-29-21/h7-9,12-14,16,19H,5-6,10-11,15H2,1-4H3,(H,24,27). The molecule has 29 heavy (non-hydrogen) atoms. The lowest BCUT2D eigenvalue weighted by Crippen LogP contribution is -2.37. The molecule has 1 aromatic carbocycles. The first kappa shape index (κ1) is 21.0. The molecule has 0 unspecified atom stereocenters. The highest BCUT2D eigenvalue weighted by molar-refractivity contribution is 6.02. The molecule has 1 heterocycles. The fourth-order valence-corrected chi connectivity index (χ4v) is 3.66. The summed E-state index contributed by atoms with van der Waals surface area (Å²) in [5.41, 5.74) is 2.76. The summed E-state index contributed by atoms with van der Waals surface area (Å²) in [6.45, 7) is 4.71. The SMILES string of the molecule is CCC(CC)C(=O)N(Cc1cc(NC(=O)c2ccco2)ccc1N(C)C)C1CC1. The largest absolute Gasteiger partial charge is 0.459 e. The van der Waals surface area contributed by atoms with Gasteiger partial charge in [0.25, 0.3) is 5.91 Å². The van der Waals surface area contributed by atoms with E-state index in [0.717, 1.165) is 36.9 Å². The van der Waals surface area contributed by atoms with E-state index in [4.69, 9.17) is 4.42 Å². The van der Waals surface area contributed by atoms with Crippen LogP contribution in [0.15, 0.2) is 41.0 Å². The van der Waals surface area contributed by atoms with E-state index in [1.54, 1.807) is 12.1 Å². The molecule has 1 saturated carbocycles. The van der Waals surface area contributed by atoms with Gasteiger partial charge in [-0.15, -0.1) is 0 Å². The minimum Gasteiger partial charge on any atom is -0.459 e. The molecule has 0 spiro atoms. The molecule has 0 atom stereocenters. The van der Waals surface area contributed by atoms with E-state index in [1.807, 2.05) is 42.1 Å². The van der Waals surface area contributed by atoms with Crippen molar-refractivity contribution in [3.63, 3.8) is 0 Å². The molecule has 0 aliphatic heterocycles. The van der Waals surface area contributed by atoms with Crippen LogP contribution in [0.5, 0.6) is 0 Å². The molecule has 6 heteroatoms. The predicted molar refractivity (Wildman–Crippen MR) is 115 cm³/mol. The maximum Gasteiger partial charge on any atom is 0.291 e. The van der Waals surface area contributed by atoms with Gasteiger partial charge in [0, 0.05) is 44.0 Å². The Bertz CT molecular complexity index is 837. The van der Waals surface area contributed by atoms with Gasteiger partial charge in [-0.1, -0.05) is 13.8 Å². The van der Waals surface area contributed by atoms with Crippen LogP contribution in [-0.2, 0) is 11.3 Å². The summed E-state index contributed by atoms with van der Waals surface area (Å²) in [5.74, 6) is 0.296. The molecule has 1 aromatic heterocycles. The maximum atomic E-state index is 13.1. The second-order valence-corrected chi connectivity index (χ2v) is 7.88. The van der Waals surface area contributed by atoms with Crippen LogP contribution in [0.25, 0.3) is 0 Å². The monoisotopic (exact) mass is 397 g/mol. The molecule has 2 amide bonds. The Labute approximate surface area is 172 Å². The van der Waals surface area contributed by atoms with Gasteiger partial charge < -0.3 is 19.5 Å². The van der Waals surface area contributed by atoms with Crippen molar-refractivity contribution in [2.45, 2.75) is 52.1 Å². The molecule has 1 aliphatic rings. The van der Waals surface area contributed by atoms with Gasteiger partial charge in [0.15, 0.2) is 5.76 Å². The van der Waals surface area contributed by atoms with Crippen molar-refractivity contribution >= 4 is 23.2 Å². The molecule has 0 radical (unpaired) electrons. The third-order valence-electron chi connectivity index (χ3n) is 5.51. The number of nitrogens with one attached hydrogen (secondary N) is 1. The number of carbonyl (C=O) groups excluding carboxylic acids is 2. The van der Waals surface area contributed by atoms with Crippen LogP contribution in [0, 0.1) is 5.92 Å². The number of furan rings is 1. The third kappa shape index (κ3) is 5.00. The Morgan fingerprint density at radius 1 is 1.17 bits per heavy atom. The first-order valence-electron chi connectivity index (χ1n) is 10.4. The van der Waals surface area contributed by atoms with Gasteiger partial charge in [0.05, 0.1) is 6.26 Å². The quantitative estimate of drug-likeness (QED) is 0.675. The summed E-state index contributed by atoms with van der Waals surface area (Å²) in [6, 6.07) is 9.48. The Kier molecular flexibility index (Phi) is 6.62. The van der Waals surface area contributed by atoms with Crippen LogP contribution in [0.1, 0.15) is 55.6 Å². The zero-order chi connectivity index (χ0) is 21.0. The van der Waals surface area contributed by atoms with Gasteiger partial charge in [-0.05, 0) is 61.6 Å². The van der Waals surface area contributed by atoms with Crippen molar-refractivity contribution < 1.29 is 14.0 Å². The van der Waals surface area contributed by atoms with Crippen LogP contribution in [0.3, 0.4) is 0 Å². The molecule has 1 N–H and O–H groups in total. The summed E-state index contributed by atoms with van der Waals surface area (Å²) in [7, 11) is 3.98. The molecular formula is C23H31N3O3. The van der Waals surface area contributed by atoms with Crippen molar-refractivity contribution in [2.75, 3.05) is 24.3 Å². The summed E-state index contributed by atoms with van der Waals surface area (Å²) in [6.07, 6.45) is 5.33. The second-order valence-electron chi connectivity index (χ2n) is 7.88. The summed E-state index contributed by atoms with van der Waals surface area (Å²) < 4.78 is 5.17. The molecule has 156 valence electrons. The fourth-order valence-electron chi connectivity index (χ4n) is 3.66. The van der Waals surface area contributed by atoms with Gasteiger partial charge >= 0.3 is 0 Å². The number of anilines is 2. The topological polar surface area (TPSA) is 65.8 Å². The van der Waals surface area contributed by atoms with Gasteiger partial charge in [-0.25, -0.2) is 0 Å². The highest BCUT2D eigenvalue weighted by atomic mass is 16.3. The predicted octanol–water partition coefficient (Wildman–Crippen LogP) is 4.53. The lowest BCUT2D eigenvalue weighted by atomic mass is 10.0. The average Bonchev–Trinajstić information content (AvgIpc) is 3.38. The molecule has 1 fully saturated rings. The average molecular weight is 398 g/mol. The van der Waals surface area contributed by atoms with E-state index < -0.39 is 0 Å². The highest BCUT2D eigenvalue weighted by Crippen LogP contribution is 2.33. The van der Waals surface area contributed by atoms with E-state index in [2.05, 4.69) is 19.2 Å². The highest BCUT2D eigenvalue weighted by Gasteiger charge is 2.35. The molecular weight excluding hydrogens is 366 g/mol. The van der Waals surface area contributed by atoms with Crippen molar-refractivity contribution in [1.82, 2.24) is 4.90 Å².